The van der Waals surface area contributed by atoms with Crippen molar-refractivity contribution in [3.8, 4) is 18.1 Å². The van der Waals surface area contributed by atoms with Gasteiger partial charge < -0.3 is 35.7 Å². The molecule has 2 aliphatic rings. The Labute approximate surface area is 304 Å². The number of anilines is 3. The highest BCUT2D eigenvalue weighted by atomic mass is 35.5. The van der Waals surface area contributed by atoms with Gasteiger partial charge in [0.15, 0.2) is 19.8 Å². The first-order chi connectivity index (χ1) is 23.8. The van der Waals surface area contributed by atoms with Crippen LogP contribution in [-0.2, 0) is 27.1 Å². The van der Waals surface area contributed by atoms with E-state index in [9.17, 15) is 18.5 Å². The fourth-order valence-corrected chi connectivity index (χ4v) is 6.33. The summed E-state index contributed by atoms with van der Waals surface area (Å²) in [6, 6.07) is 1.99. The van der Waals surface area contributed by atoms with Crippen molar-refractivity contribution in [2.45, 2.75) is 66.1 Å². The molecular formula is C31H43ClFN10O6PS. The van der Waals surface area contributed by atoms with Crippen molar-refractivity contribution in [1.82, 2.24) is 23.9 Å². The van der Waals surface area contributed by atoms with Gasteiger partial charge in [0.25, 0.3) is 5.91 Å². The van der Waals surface area contributed by atoms with E-state index in [1.807, 2.05) is 25.3 Å². The van der Waals surface area contributed by atoms with Crippen molar-refractivity contribution in [3.63, 3.8) is 0 Å². The zero-order valence-electron chi connectivity index (χ0n) is 29.2. The van der Waals surface area contributed by atoms with Crippen LogP contribution in [0.5, 0.6) is 5.75 Å². The molecule has 0 bridgehead atoms. The first-order valence-corrected chi connectivity index (χ1v) is 19.3. The molecular weight excluding hydrogens is 726 g/mol. The lowest BCUT2D eigenvalue weighted by molar-refractivity contribution is -0.138. The number of carboxylic acid groups (broad SMARTS) is 1. The number of nitrogens with zero attached hydrogens (tertiary/aromatic N) is 7. The molecule has 0 saturated carbocycles. The molecule has 20 heteroatoms. The van der Waals surface area contributed by atoms with Gasteiger partial charge >= 0.3 is 5.97 Å². The van der Waals surface area contributed by atoms with Gasteiger partial charge in [0.05, 0.1) is 12.2 Å². The van der Waals surface area contributed by atoms with E-state index in [0.717, 1.165) is 25.3 Å². The summed E-state index contributed by atoms with van der Waals surface area (Å²) in [5.74, 6) is 2.77. The quantitative estimate of drug-likeness (QED) is 0.147. The Morgan fingerprint density at radius 3 is 2.61 bits per heavy atom. The van der Waals surface area contributed by atoms with E-state index >= 15 is 0 Å². The number of aromatic nitrogens is 5. The highest BCUT2D eigenvalue weighted by molar-refractivity contribution is 7.57. The molecule has 4 heterocycles. The standard InChI is InChI=1S/C18H17FN4O2S.C8H14ClN5.C5H12NO4P/c1-4-5-22-13-7-12(11(19)6-14(13)25-9-16(22)24)20-17-23-10-18(2,3)8-15(23)21-26-17;1-4-10-7-12-6(9)13-8(14-7)11-5(2)3;1-11(9,10)3-2-4(6)5(7)8/h1,6-7H,5,8-10H2,2-3H3;5H,4H2,1-3H3,(H2,10,11,12,13,14);4H,2-3,6H2,1H3,(H,7,8)(H,9,10). The molecule has 2 aromatic heterocycles. The summed E-state index contributed by atoms with van der Waals surface area (Å²) >= 11 is 6.97. The summed E-state index contributed by atoms with van der Waals surface area (Å²) in [6.45, 7) is 13.0. The Morgan fingerprint density at radius 1 is 1.31 bits per heavy atom. The van der Waals surface area contributed by atoms with E-state index in [0.29, 0.717) is 28.1 Å². The molecule has 0 saturated heterocycles. The number of carbonyl (C=O) groups excluding carboxylic acids is 1. The van der Waals surface area contributed by atoms with Crippen LogP contribution < -0.4 is 30.8 Å². The summed E-state index contributed by atoms with van der Waals surface area (Å²) in [6.07, 6.45) is 6.22. The van der Waals surface area contributed by atoms with E-state index in [2.05, 4.69) is 54.7 Å². The topological polar surface area (TPSA) is 223 Å². The van der Waals surface area contributed by atoms with Crippen molar-refractivity contribution < 1.29 is 33.3 Å². The van der Waals surface area contributed by atoms with Gasteiger partial charge in [-0.25, -0.2) is 9.38 Å². The van der Waals surface area contributed by atoms with Gasteiger partial charge in [-0.15, -0.1) is 6.42 Å². The predicted molar refractivity (Wildman–Crippen MR) is 194 cm³/mol. The zero-order chi connectivity index (χ0) is 38.1. The minimum absolute atomic E-state index is 0.0412. The van der Waals surface area contributed by atoms with Crippen molar-refractivity contribution >= 4 is 65.7 Å². The van der Waals surface area contributed by atoms with Gasteiger partial charge in [0.2, 0.25) is 22.0 Å². The maximum atomic E-state index is 14.5. The van der Waals surface area contributed by atoms with Crippen LogP contribution in [0.25, 0.3) is 0 Å². The monoisotopic (exact) mass is 768 g/mol. The molecule has 2 unspecified atom stereocenters. The van der Waals surface area contributed by atoms with Gasteiger partial charge in [-0.05, 0) is 50.3 Å². The van der Waals surface area contributed by atoms with Crippen molar-refractivity contribution in [2.75, 3.05) is 48.1 Å². The number of hydrogen-bond acceptors (Lipinski definition) is 13. The van der Waals surface area contributed by atoms with Crippen LogP contribution in [0.3, 0.4) is 0 Å². The number of hydrogen-bond donors (Lipinski definition) is 5. The summed E-state index contributed by atoms with van der Waals surface area (Å²) in [5, 5.41) is 14.5. The predicted octanol–water partition coefficient (Wildman–Crippen LogP) is 3.72. The second-order valence-corrected chi connectivity index (χ2v) is 16.4. The lowest BCUT2D eigenvalue weighted by Gasteiger charge is -2.28. The lowest BCUT2D eigenvalue weighted by atomic mass is 9.92. The molecule has 51 heavy (non-hydrogen) atoms. The summed E-state index contributed by atoms with van der Waals surface area (Å²) in [5.41, 5.74) is 5.77. The van der Waals surface area contributed by atoms with Crippen LogP contribution in [0, 0.1) is 23.6 Å². The van der Waals surface area contributed by atoms with Gasteiger partial charge in [0, 0.05) is 56.0 Å². The van der Waals surface area contributed by atoms with Crippen LogP contribution in [0.15, 0.2) is 17.1 Å². The summed E-state index contributed by atoms with van der Waals surface area (Å²) < 4.78 is 37.0. The lowest BCUT2D eigenvalue weighted by Crippen LogP contribution is -2.39. The van der Waals surface area contributed by atoms with E-state index in [1.54, 1.807) is 0 Å². The van der Waals surface area contributed by atoms with Crippen LogP contribution in [0.4, 0.5) is 27.7 Å². The second-order valence-electron chi connectivity index (χ2n) is 12.8. The minimum Gasteiger partial charge on any atom is -0.481 e. The molecule has 0 aliphatic carbocycles. The Balaban J connectivity index is 0.000000237. The number of terminal acetylenes is 1. The van der Waals surface area contributed by atoms with Gasteiger partial charge in [-0.2, -0.15) is 19.3 Å². The molecule has 6 N–H and O–H groups in total. The molecule has 0 spiro atoms. The van der Waals surface area contributed by atoms with E-state index in [1.165, 1.54) is 35.2 Å². The van der Waals surface area contributed by atoms with Gasteiger partial charge in [-0.3, -0.25) is 19.1 Å². The maximum Gasteiger partial charge on any atom is 0.320 e. The highest BCUT2D eigenvalue weighted by Crippen LogP contribution is 2.38. The average Bonchev–Trinajstić information content (AvgIpc) is 3.52. The third-order valence-electron chi connectivity index (χ3n) is 6.97. The minimum atomic E-state index is -3.10. The number of halogens is 2. The number of ether oxygens (including phenoxy) is 1. The van der Waals surface area contributed by atoms with Gasteiger partial charge in [0.1, 0.15) is 23.3 Å². The molecule has 16 nitrogen and oxygen atoms in total. The molecule has 0 fully saturated rings. The third-order valence-corrected chi connectivity index (χ3v) is 9.00. The van der Waals surface area contributed by atoms with E-state index < -0.39 is 25.2 Å². The number of amides is 1. The van der Waals surface area contributed by atoms with Crippen molar-refractivity contribution in [1.29, 1.82) is 0 Å². The molecule has 0 radical (unpaired) electrons. The Kier molecular flexibility index (Phi) is 14.5. The second kappa shape index (κ2) is 17.9. The number of carboxylic acids is 1. The van der Waals surface area contributed by atoms with Crippen molar-refractivity contribution in [3.05, 3.63) is 33.9 Å². The third kappa shape index (κ3) is 12.5. The van der Waals surface area contributed by atoms with Crippen molar-refractivity contribution in [2.24, 2.45) is 16.1 Å². The smallest absolute Gasteiger partial charge is 0.320 e. The molecule has 2 aliphatic heterocycles. The Morgan fingerprint density at radius 2 is 2.00 bits per heavy atom. The number of carbonyl (C=O) groups is 2. The SMILES string of the molecule is C#CCN1C(=O)COc2cc(F)c(N=c3snc4n3CC(C)(C)C4)cc21.CCNc1nc(Cl)nc(NC(C)C)n1.CP(=O)(O)CCC(N)C(=O)O. The van der Waals surface area contributed by atoms with Crippen LogP contribution in [0.2, 0.25) is 5.28 Å². The number of nitrogens with two attached hydrogens (primary N) is 1. The normalized spacial score (nSPS) is 16.2. The number of aliphatic carboxylic acids is 1. The number of nitrogens with one attached hydrogen (secondary N) is 2. The molecule has 1 amide bonds. The highest BCUT2D eigenvalue weighted by Gasteiger charge is 2.31. The molecule has 2 atom stereocenters. The van der Waals surface area contributed by atoms with Crippen LogP contribution in [0.1, 0.15) is 46.9 Å². The zero-order valence-corrected chi connectivity index (χ0v) is 31.7. The summed E-state index contributed by atoms with van der Waals surface area (Å²) in [7, 11) is -3.10. The Hall–Kier alpha value is -4.14. The fourth-order valence-electron chi connectivity index (χ4n) is 4.66. The summed E-state index contributed by atoms with van der Waals surface area (Å²) in [4.78, 5) is 49.4. The van der Waals surface area contributed by atoms with E-state index in [4.69, 9.17) is 38.5 Å². The molecule has 5 rings (SSSR count). The number of benzene rings is 1. The first-order valence-electron chi connectivity index (χ1n) is 15.8. The number of fused-ring (bicyclic) bond motifs is 2. The molecule has 3 aromatic rings. The van der Waals surface area contributed by atoms with Crippen LogP contribution >= 0.6 is 30.5 Å². The van der Waals surface area contributed by atoms with Crippen LogP contribution in [-0.4, -0.2) is 90.4 Å². The van der Waals surface area contributed by atoms with Gasteiger partial charge in [-0.1, -0.05) is 19.8 Å². The average molecular weight is 769 g/mol. The van der Waals surface area contributed by atoms with E-state index in [-0.39, 0.29) is 54.1 Å². The molecule has 1 aromatic carbocycles. The largest absolute Gasteiger partial charge is 0.481 e. The number of rotatable bonds is 10. The maximum absolute atomic E-state index is 14.5. The fraction of sp³-hybridized carbons (Fsp3) is 0.516. The molecule has 278 valence electrons. The first kappa shape index (κ1) is 41.3. The Bertz CT molecular complexity index is 1880.